The molecule has 0 aliphatic rings. The Hall–Kier alpha value is -1.41. The smallest absolute Gasteiger partial charge is 0.201 e. The zero-order chi connectivity index (χ0) is 20.8. The molecule has 1 aromatic carbocycles. The third-order valence-corrected chi connectivity index (χ3v) is 7.34. The maximum atomic E-state index is 2.49. The van der Waals surface area contributed by atoms with Gasteiger partial charge in [-0.15, -0.1) is 0 Å². The van der Waals surface area contributed by atoms with E-state index in [2.05, 4.69) is 110 Å². The van der Waals surface area contributed by atoms with Gasteiger partial charge in [-0.1, -0.05) is 73.3 Å². The highest BCUT2D eigenvalue weighted by atomic mass is 28.3. The van der Waals surface area contributed by atoms with Crippen molar-refractivity contribution < 1.29 is 4.57 Å². The normalized spacial score (nSPS) is 13.1. The van der Waals surface area contributed by atoms with E-state index in [4.69, 9.17) is 0 Å². The average Bonchev–Trinajstić information content (AvgIpc) is 2.44. The van der Waals surface area contributed by atoms with E-state index in [1.165, 1.54) is 27.9 Å². The van der Waals surface area contributed by atoms with E-state index >= 15 is 0 Å². The summed E-state index contributed by atoms with van der Waals surface area (Å²) in [7, 11) is 0.765. The van der Waals surface area contributed by atoms with Crippen molar-refractivity contribution in [3.05, 3.63) is 47.2 Å². The van der Waals surface area contributed by atoms with Gasteiger partial charge in [0.05, 0.1) is 8.07 Å². The van der Waals surface area contributed by atoms with Gasteiger partial charge in [0.2, 0.25) is 5.69 Å². The molecular weight excluding hydrogens is 342 g/mol. The van der Waals surface area contributed by atoms with Gasteiger partial charge in [-0.3, -0.25) is 0 Å². The van der Waals surface area contributed by atoms with Crippen LogP contribution < -0.4 is 9.75 Å². The lowest BCUT2D eigenvalue weighted by Gasteiger charge is -2.25. The Morgan fingerprint density at radius 2 is 1.52 bits per heavy atom. The molecule has 2 aromatic rings. The zero-order valence-corrected chi connectivity index (χ0v) is 20.5. The van der Waals surface area contributed by atoms with Crippen molar-refractivity contribution in [3.8, 4) is 11.3 Å². The first kappa shape index (κ1) is 21.9. The van der Waals surface area contributed by atoms with Gasteiger partial charge in [0.15, 0.2) is 6.20 Å². The molecule has 0 aliphatic heterocycles. The minimum Gasteiger partial charge on any atom is -0.201 e. The average molecular weight is 383 g/mol. The molecule has 0 bridgehead atoms. The zero-order valence-electron chi connectivity index (χ0n) is 19.5. The summed E-state index contributed by atoms with van der Waals surface area (Å²) in [5.74, 6) is 0. The Morgan fingerprint density at radius 3 is 1.96 bits per heavy atom. The summed E-state index contributed by atoms with van der Waals surface area (Å²) in [4.78, 5) is 0. The van der Waals surface area contributed by atoms with Crippen molar-refractivity contribution in [2.24, 2.45) is 12.5 Å². The fourth-order valence-electron chi connectivity index (χ4n) is 3.80. The molecule has 1 nitrogen and oxygen atoms in total. The molecule has 1 heterocycles. The molecule has 1 aromatic heterocycles. The minimum absolute atomic E-state index is 0.186. The van der Waals surface area contributed by atoms with Crippen LogP contribution in [0.15, 0.2) is 30.5 Å². The van der Waals surface area contributed by atoms with Crippen LogP contribution in [0.25, 0.3) is 11.3 Å². The van der Waals surface area contributed by atoms with Gasteiger partial charge in [0.25, 0.3) is 0 Å². The van der Waals surface area contributed by atoms with Gasteiger partial charge in [-0.2, -0.15) is 0 Å². The lowest BCUT2D eigenvalue weighted by Crippen LogP contribution is -2.45. The van der Waals surface area contributed by atoms with Crippen LogP contribution in [0.2, 0.25) is 19.6 Å². The topological polar surface area (TPSA) is 3.88 Å². The first-order valence-corrected chi connectivity index (χ1v) is 13.7. The molecule has 0 atom stereocenters. The molecule has 0 spiro atoms. The quantitative estimate of drug-likeness (QED) is 0.458. The fraction of sp³-hybridized carbons (Fsp3) is 0.560. The molecule has 2 rings (SSSR count). The third-order valence-electron chi connectivity index (χ3n) is 5.25. The van der Waals surface area contributed by atoms with E-state index in [9.17, 15) is 0 Å². The highest BCUT2D eigenvalue weighted by Gasteiger charge is 2.28. The SMILES string of the molecule is Cc1cc(C(C)(C)C)ccc1-c1cc([Si](C)(C)C)c(CC(C)(C)C)c[n+]1C. The molecule has 2 heteroatoms. The largest absolute Gasteiger partial charge is 0.212 e. The first-order valence-electron chi connectivity index (χ1n) is 10.2. The Morgan fingerprint density at radius 1 is 0.926 bits per heavy atom. The van der Waals surface area contributed by atoms with Crippen molar-refractivity contribution in [1.29, 1.82) is 0 Å². The number of hydrogen-bond acceptors (Lipinski definition) is 0. The summed E-state index contributed by atoms with van der Waals surface area (Å²) >= 11 is 0. The summed E-state index contributed by atoms with van der Waals surface area (Å²) in [5.41, 5.74) is 7.47. The van der Waals surface area contributed by atoms with Crippen molar-refractivity contribution in [2.75, 3.05) is 0 Å². The van der Waals surface area contributed by atoms with Crippen LogP contribution in [-0.4, -0.2) is 8.07 Å². The molecule has 0 saturated carbocycles. The molecule has 0 radical (unpaired) electrons. The molecule has 0 unspecified atom stereocenters. The van der Waals surface area contributed by atoms with Crippen LogP contribution in [-0.2, 0) is 18.9 Å². The van der Waals surface area contributed by atoms with Crippen LogP contribution in [0.3, 0.4) is 0 Å². The monoisotopic (exact) mass is 382 g/mol. The van der Waals surface area contributed by atoms with Gasteiger partial charge in [0, 0.05) is 17.2 Å². The van der Waals surface area contributed by atoms with Gasteiger partial charge in [-0.05, 0) is 46.6 Å². The molecule has 0 amide bonds. The molecule has 0 fully saturated rings. The van der Waals surface area contributed by atoms with E-state index < -0.39 is 8.07 Å². The minimum atomic E-state index is -1.44. The number of benzene rings is 1. The standard InChI is InChI=1S/C25H40NSi/c1-18-14-20(25(5,6)7)12-13-21(18)22-15-23(27(9,10)11)19(17-26(22)8)16-24(2,3)4/h12-15,17H,16H2,1-11H3/q+1. The Labute approximate surface area is 168 Å². The number of aryl methyl sites for hydroxylation is 2. The van der Waals surface area contributed by atoms with E-state index in [0.29, 0.717) is 5.41 Å². The van der Waals surface area contributed by atoms with E-state index in [-0.39, 0.29) is 5.41 Å². The van der Waals surface area contributed by atoms with Crippen molar-refractivity contribution in [1.82, 2.24) is 0 Å². The summed E-state index contributed by atoms with van der Waals surface area (Å²) in [6.07, 6.45) is 3.52. The second-order valence-electron chi connectivity index (χ2n) is 11.5. The number of nitrogens with zero attached hydrogens (tertiary/aromatic N) is 1. The van der Waals surface area contributed by atoms with Crippen LogP contribution in [0, 0.1) is 12.3 Å². The van der Waals surface area contributed by atoms with E-state index in [1.807, 2.05) is 0 Å². The van der Waals surface area contributed by atoms with Crippen molar-refractivity contribution in [3.63, 3.8) is 0 Å². The predicted octanol–water partition coefficient (Wildman–Crippen LogP) is 5.92. The van der Waals surface area contributed by atoms with E-state index in [0.717, 1.165) is 6.42 Å². The first-order chi connectivity index (χ1) is 12.1. The fourth-order valence-corrected chi connectivity index (χ4v) is 5.49. The maximum absolute atomic E-state index is 2.49. The maximum Gasteiger partial charge on any atom is 0.212 e. The van der Waals surface area contributed by atoms with Gasteiger partial charge in [0.1, 0.15) is 7.05 Å². The van der Waals surface area contributed by atoms with Crippen LogP contribution in [0.5, 0.6) is 0 Å². The van der Waals surface area contributed by atoms with Crippen LogP contribution in [0.1, 0.15) is 58.2 Å². The summed E-state index contributed by atoms with van der Waals surface area (Å²) in [6, 6.07) is 9.49. The Kier molecular flexibility index (Phi) is 5.84. The number of pyridine rings is 1. The van der Waals surface area contributed by atoms with E-state index in [1.54, 1.807) is 5.19 Å². The molecule has 27 heavy (non-hydrogen) atoms. The number of rotatable bonds is 3. The van der Waals surface area contributed by atoms with Crippen molar-refractivity contribution in [2.45, 2.75) is 79.9 Å². The molecular formula is C25H40NSi+. The molecule has 0 N–H and O–H groups in total. The summed E-state index contributed by atoms with van der Waals surface area (Å²) in [5, 5.41) is 1.60. The predicted molar refractivity (Wildman–Crippen MR) is 123 cm³/mol. The summed E-state index contributed by atoms with van der Waals surface area (Å²) in [6.45, 7) is 23.5. The van der Waals surface area contributed by atoms with Crippen LogP contribution in [0.4, 0.5) is 0 Å². The highest BCUT2D eigenvalue weighted by Crippen LogP contribution is 2.29. The highest BCUT2D eigenvalue weighted by molar-refractivity contribution is 6.89. The number of hydrogen-bond donors (Lipinski definition) is 0. The van der Waals surface area contributed by atoms with Crippen LogP contribution >= 0.6 is 0 Å². The molecule has 0 saturated heterocycles. The van der Waals surface area contributed by atoms with Gasteiger partial charge < -0.3 is 0 Å². The third kappa shape index (κ3) is 5.31. The van der Waals surface area contributed by atoms with Gasteiger partial charge in [-0.25, -0.2) is 4.57 Å². The summed E-state index contributed by atoms with van der Waals surface area (Å²) < 4.78 is 2.34. The second kappa shape index (κ2) is 7.20. The second-order valence-corrected chi connectivity index (χ2v) is 16.5. The molecule has 148 valence electrons. The number of aromatic nitrogens is 1. The Balaban J connectivity index is 2.65. The van der Waals surface area contributed by atoms with Crippen molar-refractivity contribution >= 4 is 13.3 Å². The Bertz CT molecular complexity index is 827. The lowest BCUT2D eigenvalue weighted by atomic mass is 9.85. The lowest BCUT2D eigenvalue weighted by molar-refractivity contribution is -0.660. The van der Waals surface area contributed by atoms with Gasteiger partial charge >= 0.3 is 0 Å². The molecule has 0 aliphatic carbocycles.